The quantitative estimate of drug-likeness (QED) is 0.0537. The normalized spacial score (nSPS) is 14.9. The number of pyridine rings is 1. The Hall–Kier alpha value is -4.15. The van der Waals surface area contributed by atoms with Gasteiger partial charge in [-0.15, -0.1) is 5.11 Å². The van der Waals surface area contributed by atoms with Gasteiger partial charge in [-0.3, -0.25) is 9.98 Å². The second-order valence-corrected chi connectivity index (χ2v) is 8.38. The molecule has 0 radical (unpaired) electrons. The summed E-state index contributed by atoms with van der Waals surface area (Å²) in [6, 6.07) is 9.16. The third kappa shape index (κ3) is 7.53. The number of aliphatic hydroxyl groups excluding tert-OH is 1. The highest BCUT2D eigenvalue weighted by atomic mass is 19.4. The summed E-state index contributed by atoms with van der Waals surface area (Å²) >= 11 is 0. The molecule has 0 fully saturated rings. The minimum Gasteiger partial charge on any atom is -0.484 e. The van der Waals surface area contributed by atoms with E-state index in [1.165, 1.54) is 30.3 Å². The Kier molecular flexibility index (Phi) is 9.96. The summed E-state index contributed by atoms with van der Waals surface area (Å²) < 4.78 is 108. The fourth-order valence-electron chi connectivity index (χ4n) is 3.73. The van der Waals surface area contributed by atoms with E-state index in [0.717, 1.165) is 12.3 Å². The monoisotopic (exact) mass is 588 g/mol. The van der Waals surface area contributed by atoms with Crippen molar-refractivity contribution in [3.63, 3.8) is 0 Å². The van der Waals surface area contributed by atoms with Crippen molar-refractivity contribution in [3.05, 3.63) is 83.7 Å². The molecule has 0 saturated carbocycles. The lowest BCUT2D eigenvalue weighted by molar-refractivity contribution is -0.278. The van der Waals surface area contributed by atoms with Gasteiger partial charge in [-0.25, -0.2) is 8.78 Å². The van der Waals surface area contributed by atoms with E-state index in [2.05, 4.69) is 25.1 Å². The van der Waals surface area contributed by atoms with Crippen molar-refractivity contribution in [1.82, 2.24) is 4.98 Å². The van der Waals surface area contributed by atoms with E-state index in [0.29, 0.717) is 30.1 Å². The molecule has 220 valence electrons. The lowest BCUT2D eigenvalue weighted by Crippen LogP contribution is -2.52. The van der Waals surface area contributed by atoms with E-state index in [9.17, 15) is 27.1 Å². The Morgan fingerprint density at radius 1 is 0.976 bits per heavy atom. The van der Waals surface area contributed by atoms with Crippen LogP contribution in [0, 0.1) is 11.6 Å². The number of rotatable bonds is 12. The lowest BCUT2D eigenvalue weighted by Gasteiger charge is -2.40. The van der Waals surface area contributed by atoms with Crippen molar-refractivity contribution < 1.29 is 45.3 Å². The summed E-state index contributed by atoms with van der Waals surface area (Å²) in [5, 5.41) is 16.3. The number of hydrogen-bond acceptors (Lipinski definition) is 7. The maximum atomic E-state index is 16.4. The number of aromatic nitrogens is 1. The van der Waals surface area contributed by atoms with Crippen LogP contribution in [-0.2, 0) is 16.3 Å². The first-order chi connectivity index (χ1) is 19.3. The Morgan fingerprint density at radius 2 is 1.66 bits per heavy atom. The van der Waals surface area contributed by atoms with Crippen molar-refractivity contribution >= 4 is 6.34 Å². The highest BCUT2D eigenvalue weighted by Crippen LogP contribution is 2.49. The van der Waals surface area contributed by atoms with Crippen LogP contribution in [0.3, 0.4) is 0 Å². The minimum atomic E-state index is -4.53. The van der Waals surface area contributed by atoms with E-state index >= 15 is 8.78 Å². The molecule has 41 heavy (non-hydrogen) atoms. The zero-order valence-corrected chi connectivity index (χ0v) is 20.9. The average Bonchev–Trinajstić information content (AvgIpc) is 2.93. The van der Waals surface area contributed by atoms with Gasteiger partial charge < -0.3 is 26.2 Å². The first-order valence-corrected chi connectivity index (χ1v) is 11.6. The van der Waals surface area contributed by atoms with E-state index in [-0.39, 0.29) is 11.3 Å². The Morgan fingerprint density at radius 3 is 2.22 bits per heavy atom. The summed E-state index contributed by atoms with van der Waals surface area (Å²) in [6.07, 6.45) is -4.86. The highest BCUT2D eigenvalue weighted by Gasteiger charge is 2.60. The van der Waals surface area contributed by atoms with Gasteiger partial charge in [0, 0.05) is 29.9 Å². The van der Waals surface area contributed by atoms with Gasteiger partial charge in [0.05, 0.1) is 6.54 Å². The summed E-state index contributed by atoms with van der Waals surface area (Å²) in [4.78, 5) is 7.46. The highest BCUT2D eigenvalue weighted by molar-refractivity contribution is 5.63. The number of hydrogen-bond donors (Lipinski definition) is 3. The zero-order valence-electron chi connectivity index (χ0n) is 20.9. The molecule has 0 aliphatic heterocycles. The molecule has 1 heterocycles. The van der Waals surface area contributed by atoms with Gasteiger partial charge in [0.25, 0.3) is 0 Å². The number of aliphatic hydroxyl groups is 1. The molecular weight excluding hydrogens is 565 g/mol. The molecule has 1 aromatic heterocycles. The smallest absolute Gasteiger partial charge is 0.422 e. The van der Waals surface area contributed by atoms with Crippen LogP contribution in [0.25, 0.3) is 11.1 Å². The Balaban J connectivity index is 2.05. The van der Waals surface area contributed by atoms with Crippen LogP contribution in [0.5, 0.6) is 5.75 Å². The van der Waals surface area contributed by atoms with Gasteiger partial charge in [-0.2, -0.15) is 22.0 Å². The number of halogens is 7. The van der Waals surface area contributed by atoms with Gasteiger partial charge in [-0.05, 0) is 35.9 Å². The molecular formula is C25H23F7N6O3. The molecule has 5 N–H and O–H groups in total. The third-order valence-corrected chi connectivity index (χ3v) is 5.60. The SMILES string of the molecule is NCC(O)OC(CN=CN=NN)(c1ccc(F)cc1F)C(F)(F)c1ccc(-c2ccc(OCC(F)(F)F)cc2)cn1. The van der Waals surface area contributed by atoms with Crippen LogP contribution < -0.4 is 16.3 Å². The first-order valence-electron chi connectivity index (χ1n) is 11.6. The van der Waals surface area contributed by atoms with Gasteiger partial charge in [0.2, 0.25) is 0 Å². The van der Waals surface area contributed by atoms with Crippen molar-refractivity contribution in [3.8, 4) is 16.9 Å². The molecule has 0 amide bonds. The lowest BCUT2D eigenvalue weighted by atomic mass is 9.84. The fourth-order valence-corrected chi connectivity index (χ4v) is 3.73. The number of benzene rings is 2. The minimum absolute atomic E-state index is 0.0707. The topological polar surface area (TPSA) is 141 Å². The maximum Gasteiger partial charge on any atom is 0.422 e. The summed E-state index contributed by atoms with van der Waals surface area (Å²) in [6.45, 7) is -3.25. The second-order valence-electron chi connectivity index (χ2n) is 8.38. The van der Waals surface area contributed by atoms with E-state index < -0.39 is 66.6 Å². The average molecular weight is 588 g/mol. The summed E-state index contributed by atoms with van der Waals surface area (Å²) in [7, 11) is 0. The fraction of sp³-hybridized carbons (Fsp3) is 0.280. The van der Waals surface area contributed by atoms with Crippen molar-refractivity contribution in [1.29, 1.82) is 0 Å². The van der Waals surface area contributed by atoms with Crippen LogP contribution in [0.15, 0.2) is 76.1 Å². The molecule has 0 spiro atoms. The Bertz CT molecular complexity index is 1360. The number of aliphatic imine (C=N–C) groups is 1. The molecule has 2 aromatic carbocycles. The maximum absolute atomic E-state index is 16.4. The van der Waals surface area contributed by atoms with E-state index in [1.807, 2.05) is 0 Å². The van der Waals surface area contributed by atoms with Crippen LogP contribution in [0.4, 0.5) is 30.7 Å². The zero-order chi connectivity index (χ0) is 30.3. The number of nitrogens with two attached hydrogens (primary N) is 2. The van der Waals surface area contributed by atoms with Gasteiger partial charge >= 0.3 is 12.1 Å². The van der Waals surface area contributed by atoms with Crippen LogP contribution in [-0.4, -0.2) is 48.6 Å². The molecule has 3 rings (SSSR count). The number of ether oxygens (including phenoxy) is 2. The first kappa shape index (κ1) is 31.4. The van der Waals surface area contributed by atoms with Crippen molar-refractivity contribution in [2.45, 2.75) is 24.0 Å². The molecule has 3 aromatic rings. The molecule has 16 heteroatoms. The van der Waals surface area contributed by atoms with Crippen LogP contribution >= 0.6 is 0 Å². The molecule has 9 nitrogen and oxygen atoms in total. The third-order valence-electron chi connectivity index (χ3n) is 5.60. The van der Waals surface area contributed by atoms with Gasteiger partial charge in [-0.1, -0.05) is 23.4 Å². The summed E-state index contributed by atoms with van der Waals surface area (Å²) in [5.74, 6) is -1.95. The van der Waals surface area contributed by atoms with Crippen molar-refractivity contribution in [2.24, 2.45) is 26.9 Å². The number of nitrogens with zero attached hydrogens (tertiary/aromatic N) is 4. The van der Waals surface area contributed by atoms with Crippen LogP contribution in [0.2, 0.25) is 0 Å². The molecule has 0 saturated heterocycles. The predicted octanol–water partition coefficient (Wildman–Crippen LogP) is 4.60. The molecule has 2 unspecified atom stereocenters. The van der Waals surface area contributed by atoms with E-state index in [1.54, 1.807) is 0 Å². The molecule has 0 aliphatic rings. The van der Waals surface area contributed by atoms with Crippen molar-refractivity contribution in [2.75, 3.05) is 19.7 Å². The summed E-state index contributed by atoms with van der Waals surface area (Å²) in [5.41, 5.74) is 1.09. The standard InChI is InChI=1S/C25H23F7N6O3/c26-17-4-7-19(20(27)9-17)23(41-22(39)10-33,12-35-14-37-38-34)25(31,32)21-8-3-16(11-36-21)15-1-5-18(6-2-15)40-13-24(28,29)30/h1-9,11,14,22,39H,10,12-13,33H2,(H2,34,35,37). The van der Waals surface area contributed by atoms with E-state index in [4.69, 9.17) is 16.3 Å². The Labute approximate surface area is 228 Å². The number of alkyl halides is 5. The molecule has 0 bridgehead atoms. The molecule has 0 aliphatic carbocycles. The largest absolute Gasteiger partial charge is 0.484 e. The predicted molar refractivity (Wildman–Crippen MR) is 132 cm³/mol. The van der Waals surface area contributed by atoms with Gasteiger partial charge in [0.15, 0.2) is 18.5 Å². The van der Waals surface area contributed by atoms with Crippen LogP contribution in [0.1, 0.15) is 11.3 Å². The van der Waals surface area contributed by atoms with Gasteiger partial charge in [0.1, 0.15) is 29.4 Å². The second kappa shape index (κ2) is 13.0. The molecule has 2 atom stereocenters.